The van der Waals surface area contributed by atoms with E-state index in [9.17, 15) is 4.79 Å². The van der Waals surface area contributed by atoms with Crippen LogP contribution in [0.15, 0.2) is 24.3 Å². The van der Waals surface area contributed by atoms with Crippen LogP contribution in [0.25, 0.3) is 0 Å². The minimum atomic E-state index is -0.441. The maximum Gasteiger partial charge on any atom is 0.179 e. The Labute approximate surface area is 95.6 Å². The molecular formula is C13H17NO2. The third-order valence-electron chi connectivity index (χ3n) is 3.01. The third kappa shape index (κ3) is 2.15. The molecule has 0 spiro atoms. The molecule has 1 aromatic rings. The Morgan fingerprint density at radius 1 is 1.50 bits per heavy atom. The second-order valence-corrected chi connectivity index (χ2v) is 4.30. The molecule has 2 N–H and O–H groups in total. The normalized spacial score (nSPS) is 22.0. The zero-order chi connectivity index (χ0) is 11.5. The lowest BCUT2D eigenvalue weighted by Gasteiger charge is -2.14. The number of rotatable bonds is 3. The van der Waals surface area contributed by atoms with Gasteiger partial charge in [0, 0.05) is 18.1 Å². The molecule has 1 fully saturated rings. The van der Waals surface area contributed by atoms with Crippen molar-refractivity contribution in [2.75, 3.05) is 13.2 Å². The Balaban J connectivity index is 2.33. The average molecular weight is 219 g/mol. The number of hydrogen-bond donors (Lipinski definition) is 1. The summed E-state index contributed by atoms with van der Waals surface area (Å²) >= 11 is 0. The van der Waals surface area contributed by atoms with Gasteiger partial charge in [-0.3, -0.25) is 4.79 Å². The molecular weight excluding hydrogens is 202 g/mol. The van der Waals surface area contributed by atoms with Gasteiger partial charge >= 0.3 is 0 Å². The van der Waals surface area contributed by atoms with Crippen molar-refractivity contribution in [2.24, 2.45) is 5.73 Å². The predicted octanol–water partition coefficient (Wildman–Crippen LogP) is 1.72. The number of ketones is 1. The summed E-state index contributed by atoms with van der Waals surface area (Å²) in [7, 11) is 0. The molecule has 0 aliphatic carbocycles. The second kappa shape index (κ2) is 4.76. The maximum absolute atomic E-state index is 12.0. The van der Waals surface area contributed by atoms with Crippen LogP contribution in [0.5, 0.6) is 0 Å². The van der Waals surface area contributed by atoms with E-state index in [0.717, 1.165) is 24.2 Å². The van der Waals surface area contributed by atoms with Crippen molar-refractivity contribution in [3.63, 3.8) is 0 Å². The Kier molecular flexibility index (Phi) is 3.36. The zero-order valence-corrected chi connectivity index (χ0v) is 9.48. The molecule has 1 aliphatic heterocycles. The van der Waals surface area contributed by atoms with Crippen molar-refractivity contribution in [1.29, 1.82) is 0 Å². The smallest absolute Gasteiger partial charge is 0.179 e. The summed E-state index contributed by atoms with van der Waals surface area (Å²) in [5, 5.41) is 0. The van der Waals surface area contributed by atoms with E-state index in [0.29, 0.717) is 12.5 Å². The first-order valence-electron chi connectivity index (χ1n) is 5.66. The van der Waals surface area contributed by atoms with Crippen LogP contribution in [0.2, 0.25) is 0 Å². The molecule has 86 valence electrons. The molecule has 3 nitrogen and oxygen atoms in total. The van der Waals surface area contributed by atoms with E-state index in [-0.39, 0.29) is 5.78 Å². The molecule has 16 heavy (non-hydrogen) atoms. The minimum absolute atomic E-state index is 0.0162. The van der Waals surface area contributed by atoms with Crippen molar-refractivity contribution >= 4 is 5.78 Å². The van der Waals surface area contributed by atoms with E-state index in [4.69, 9.17) is 10.5 Å². The van der Waals surface area contributed by atoms with E-state index in [1.807, 2.05) is 24.3 Å². The molecule has 1 heterocycles. The number of nitrogens with two attached hydrogens (primary N) is 1. The van der Waals surface area contributed by atoms with Gasteiger partial charge in [0.05, 0.1) is 12.6 Å². The highest BCUT2D eigenvalue weighted by molar-refractivity contribution is 6.01. The highest BCUT2D eigenvalue weighted by Crippen LogP contribution is 2.28. The third-order valence-corrected chi connectivity index (χ3v) is 3.01. The number of ether oxygens (including phenoxy) is 1. The predicted molar refractivity (Wildman–Crippen MR) is 62.6 cm³/mol. The monoisotopic (exact) mass is 219 g/mol. The van der Waals surface area contributed by atoms with Crippen LogP contribution in [0.3, 0.4) is 0 Å². The van der Waals surface area contributed by atoms with Gasteiger partial charge in [0.2, 0.25) is 0 Å². The van der Waals surface area contributed by atoms with E-state index < -0.39 is 6.04 Å². The summed E-state index contributed by atoms with van der Waals surface area (Å²) in [5.74, 6) is 0.362. The lowest BCUT2D eigenvalue weighted by molar-refractivity contribution is 0.0966. The van der Waals surface area contributed by atoms with Gasteiger partial charge in [0.1, 0.15) is 0 Å². The molecule has 1 saturated heterocycles. The van der Waals surface area contributed by atoms with Crippen LogP contribution in [0.1, 0.15) is 35.2 Å². The Hall–Kier alpha value is -1.19. The second-order valence-electron chi connectivity index (χ2n) is 4.30. The first-order valence-corrected chi connectivity index (χ1v) is 5.66. The molecule has 0 amide bonds. The SMILES string of the molecule is CC(N)C(=O)c1ccccc1C1CCOC1. The zero-order valence-electron chi connectivity index (χ0n) is 9.48. The largest absolute Gasteiger partial charge is 0.381 e. The van der Waals surface area contributed by atoms with Gasteiger partial charge in [-0.05, 0) is 18.9 Å². The summed E-state index contributed by atoms with van der Waals surface area (Å²) < 4.78 is 5.36. The minimum Gasteiger partial charge on any atom is -0.381 e. The summed E-state index contributed by atoms with van der Waals surface area (Å²) in [6.45, 7) is 3.22. The number of carbonyl (C=O) groups excluding carboxylic acids is 1. The average Bonchev–Trinajstić information content (AvgIpc) is 2.81. The number of hydrogen-bond acceptors (Lipinski definition) is 3. The fourth-order valence-corrected chi connectivity index (χ4v) is 2.10. The molecule has 1 aromatic carbocycles. The Morgan fingerprint density at radius 2 is 2.25 bits per heavy atom. The van der Waals surface area contributed by atoms with Gasteiger partial charge in [0.25, 0.3) is 0 Å². The van der Waals surface area contributed by atoms with Gasteiger partial charge in [-0.2, -0.15) is 0 Å². The summed E-state index contributed by atoms with van der Waals surface area (Å²) in [6.07, 6.45) is 0.989. The van der Waals surface area contributed by atoms with Crippen molar-refractivity contribution in [1.82, 2.24) is 0 Å². The van der Waals surface area contributed by atoms with Crippen LogP contribution >= 0.6 is 0 Å². The van der Waals surface area contributed by atoms with Gasteiger partial charge in [0.15, 0.2) is 5.78 Å². The number of benzene rings is 1. The fourth-order valence-electron chi connectivity index (χ4n) is 2.10. The summed E-state index contributed by atoms with van der Waals surface area (Å²) in [4.78, 5) is 12.0. The first-order chi connectivity index (χ1) is 7.70. The molecule has 0 radical (unpaired) electrons. The highest BCUT2D eigenvalue weighted by Gasteiger charge is 2.23. The number of Topliss-reactive ketones (excluding diaryl/α,β-unsaturated/α-hetero) is 1. The van der Waals surface area contributed by atoms with Gasteiger partial charge < -0.3 is 10.5 Å². The molecule has 3 heteroatoms. The van der Waals surface area contributed by atoms with Crippen LogP contribution in [-0.2, 0) is 4.74 Å². The Morgan fingerprint density at radius 3 is 2.88 bits per heavy atom. The molecule has 2 rings (SSSR count). The van der Waals surface area contributed by atoms with Crippen molar-refractivity contribution in [2.45, 2.75) is 25.3 Å². The lowest BCUT2D eigenvalue weighted by atomic mass is 9.90. The molecule has 1 aliphatic rings. The lowest BCUT2D eigenvalue weighted by Crippen LogP contribution is -2.28. The van der Waals surface area contributed by atoms with Crippen molar-refractivity contribution < 1.29 is 9.53 Å². The van der Waals surface area contributed by atoms with Gasteiger partial charge in [-0.15, -0.1) is 0 Å². The van der Waals surface area contributed by atoms with E-state index in [1.54, 1.807) is 6.92 Å². The standard InChI is InChI=1S/C13H17NO2/c1-9(14)13(15)12-5-3-2-4-11(12)10-6-7-16-8-10/h2-5,9-10H,6-8,14H2,1H3. The van der Waals surface area contributed by atoms with Gasteiger partial charge in [-0.25, -0.2) is 0 Å². The van der Waals surface area contributed by atoms with E-state index in [2.05, 4.69) is 0 Å². The topological polar surface area (TPSA) is 52.3 Å². The fraction of sp³-hybridized carbons (Fsp3) is 0.462. The quantitative estimate of drug-likeness (QED) is 0.787. The molecule has 2 unspecified atom stereocenters. The van der Waals surface area contributed by atoms with E-state index in [1.165, 1.54) is 0 Å². The molecule has 2 atom stereocenters. The van der Waals surface area contributed by atoms with Crippen LogP contribution in [0, 0.1) is 0 Å². The highest BCUT2D eigenvalue weighted by atomic mass is 16.5. The summed E-state index contributed by atoms with van der Waals surface area (Å²) in [5.41, 5.74) is 7.50. The van der Waals surface area contributed by atoms with Crippen LogP contribution in [0.4, 0.5) is 0 Å². The Bertz CT molecular complexity index is 381. The molecule has 0 aromatic heterocycles. The first kappa shape index (κ1) is 11.3. The van der Waals surface area contributed by atoms with Crippen molar-refractivity contribution in [3.8, 4) is 0 Å². The van der Waals surface area contributed by atoms with E-state index >= 15 is 0 Å². The van der Waals surface area contributed by atoms with Crippen molar-refractivity contribution in [3.05, 3.63) is 35.4 Å². The molecule has 0 saturated carbocycles. The maximum atomic E-state index is 12.0. The van der Waals surface area contributed by atoms with Gasteiger partial charge in [-0.1, -0.05) is 24.3 Å². The summed E-state index contributed by atoms with van der Waals surface area (Å²) in [6, 6.07) is 7.28. The van der Waals surface area contributed by atoms with Crippen LogP contribution in [-0.4, -0.2) is 25.0 Å². The molecule has 0 bridgehead atoms. The van der Waals surface area contributed by atoms with Crippen LogP contribution < -0.4 is 5.73 Å². The number of carbonyl (C=O) groups is 1.